The second-order valence-electron chi connectivity index (χ2n) is 3.61. The first-order valence-corrected chi connectivity index (χ1v) is 5.29. The maximum atomic E-state index is 13.3. The number of phenols is 1. The van der Waals surface area contributed by atoms with Crippen molar-refractivity contribution in [3.8, 4) is 5.75 Å². The Kier molecular flexibility index (Phi) is 4.43. The van der Waals surface area contributed by atoms with Gasteiger partial charge in [-0.2, -0.15) is 0 Å². The number of ether oxygens (including phenoxy) is 1. The van der Waals surface area contributed by atoms with Crippen LogP contribution in [0.4, 0.5) is 8.78 Å². The van der Waals surface area contributed by atoms with Crippen molar-refractivity contribution in [3.05, 3.63) is 28.8 Å². The lowest BCUT2D eigenvalue weighted by molar-refractivity contribution is -0.143. The largest absolute Gasteiger partial charge is 0.503 e. The van der Waals surface area contributed by atoms with Crippen LogP contribution in [-0.4, -0.2) is 17.7 Å². The van der Waals surface area contributed by atoms with Gasteiger partial charge < -0.3 is 9.84 Å². The summed E-state index contributed by atoms with van der Waals surface area (Å²) in [6.45, 7) is 3.38. The summed E-state index contributed by atoms with van der Waals surface area (Å²) in [6, 6.07) is 1.03. The Bertz CT molecular complexity index is 430. The molecule has 94 valence electrons. The first kappa shape index (κ1) is 13.4. The molecule has 3 nitrogen and oxygen atoms in total. The monoisotopic (exact) mass is 244 g/mol. The molecular weight excluding hydrogens is 230 g/mol. The molecule has 0 spiro atoms. The second kappa shape index (κ2) is 5.61. The summed E-state index contributed by atoms with van der Waals surface area (Å²) in [6.07, 6.45) is 0.233. The van der Waals surface area contributed by atoms with Gasteiger partial charge in [-0.3, -0.25) is 4.79 Å². The van der Waals surface area contributed by atoms with Gasteiger partial charge in [0.15, 0.2) is 17.4 Å². The lowest BCUT2D eigenvalue weighted by Crippen LogP contribution is -2.06. The topological polar surface area (TPSA) is 46.5 Å². The number of esters is 1. The van der Waals surface area contributed by atoms with Crippen LogP contribution in [0.25, 0.3) is 0 Å². The minimum absolute atomic E-state index is 0.0539. The van der Waals surface area contributed by atoms with Crippen LogP contribution in [0.1, 0.15) is 24.5 Å². The quantitative estimate of drug-likeness (QED) is 0.827. The third-order valence-corrected chi connectivity index (χ3v) is 2.45. The van der Waals surface area contributed by atoms with Gasteiger partial charge in [0, 0.05) is 6.42 Å². The van der Waals surface area contributed by atoms with E-state index in [1.54, 1.807) is 6.92 Å². The number of halogens is 2. The highest BCUT2D eigenvalue weighted by Crippen LogP contribution is 2.26. The van der Waals surface area contributed by atoms with Gasteiger partial charge in [0.1, 0.15) is 0 Å². The SMILES string of the molecule is CCOC(=O)CCc1cc(F)c(O)c(F)c1C. The smallest absolute Gasteiger partial charge is 0.306 e. The fourth-order valence-electron chi connectivity index (χ4n) is 1.48. The van der Waals surface area contributed by atoms with Crippen molar-refractivity contribution in [2.45, 2.75) is 26.7 Å². The van der Waals surface area contributed by atoms with Gasteiger partial charge in [-0.1, -0.05) is 0 Å². The lowest BCUT2D eigenvalue weighted by atomic mass is 10.0. The first-order valence-electron chi connectivity index (χ1n) is 5.29. The van der Waals surface area contributed by atoms with Gasteiger partial charge in [0.25, 0.3) is 0 Å². The van der Waals surface area contributed by atoms with Crippen LogP contribution in [0, 0.1) is 18.6 Å². The van der Waals surface area contributed by atoms with Gasteiger partial charge >= 0.3 is 5.97 Å². The molecule has 0 aliphatic carbocycles. The van der Waals surface area contributed by atoms with E-state index in [0.29, 0.717) is 5.56 Å². The van der Waals surface area contributed by atoms with E-state index in [1.165, 1.54) is 6.92 Å². The maximum Gasteiger partial charge on any atom is 0.306 e. The minimum Gasteiger partial charge on any atom is -0.503 e. The highest BCUT2D eigenvalue weighted by atomic mass is 19.1. The third kappa shape index (κ3) is 3.15. The van der Waals surface area contributed by atoms with Crippen molar-refractivity contribution >= 4 is 5.97 Å². The van der Waals surface area contributed by atoms with E-state index in [0.717, 1.165) is 6.07 Å². The summed E-state index contributed by atoms with van der Waals surface area (Å²) in [5.41, 5.74) is 0.499. The van der Waals surface area contributed by atoms with Gasteiger partial charge in [0.05, 0.1) is 6.61 Å². The number of phenolic OH excluding ortho intramolecular Hbond substituents is 1. The van der Waals surface area contributed by atoms with Crippen LogP contribution in [0.3, 0.4) is 0 Å². The van der Waals surface area contributed by atoms with E-state index in [9.17, 15) is 13.6 Å². The van der Waals surface area contributed by atoms with Crippen LogP contribution in [0.2, 0.25) is 0 Å². The number of rotatable bonds is 4. The summed E-state index contributed by atoms with van der Waals surface area (Å²) >= 11 is 0. The molecule has 1 aromatic rings. The number of aromatic hydroxyl groups is 1. The second-order valence-corrected chi connectivity index (χ2v) is 3.61. The maximum absolute atomic E-state index is 13.3. The van der Waals surface area contributed by atoms with Crippen LogP contribution >= 0.6 is 0 Å². The molecule has 1 N–H and O–H groups in total. The van der Waals surface area contributed by atoms with E-state index in [-0.39, 0.29) is 25.0 Å². The molecule has 0 aliphatic rings. The molecule has 0 saturated carbocycles. The molecule has 0 radical (unpaired) electrons. The molecule has 0 saturated heterocycles. The summed E-state index contributed by atoms with van der Waals surface area (Å²) in [7, 11) is 0. The van der Waals surface area contributed by atoms with Crippen molar-refractivity contribution < 1.29 is 23.4 Å². The average Bonchev–Trinajstić information content (AvgIpc) is 2.30. The van der Waals surface area contributed by atoms with Crippen molar-refractivity contribution in [2.75, 3.05) is 6.61 Å². The molecule has 5 heteroatoms. The summed E-state index contributed by atoms with van der Waals surface area (Å²) < 4.78 is 31.1. The number of carbonyl (C=O) groups is 1. The molecule has 1 rings (SSSR count). The Hall–Kier alpha value is -1.65. The zero-order chi connectivity index (χ0) is 13.0. The molecule has 0 unspecified atom stereocenters. The van der Waals surface area contributed by atoms with Gasteiger partial charge in [-0.25, -0.2) is 8.78 Å². The fraction of sp³-hybridized carbons (Fsp3) is 0.417. The van der Waals surface area contributed by atoms with Crippen LogP contribution < -0.4 is 0 Å². The lowest BCUT2D eigenvalue weighted by Gasteiger charge is -2.08. The number of aryl methyl sites for hydroxylation is 1. The molecule has 1 aromatic carbocycles. The first-order chi connectivity index (χ1) is 7.97. The molecule has 0 heterocycles. The summed E-state index contributed by atoms with van der Waals surface area (Å²) in [5.74, 6) is -3.40. The van der Waals surface area contributed by atoms with Gasteiger partial charge in [-0.15, -0.1) is 0 Å². The molecule has 0 fully saturated rings. The highest BCUT2D eigenvalue weighted by molar-refractivity contribution is 5.69. The number of hydrogen-bond acceptors (Lipinski definition) is 3. The van der Waals surface area contributed by atoms with Crippen molar-refractivity contribution in [1.29, 1.82) is 0 Å². The summed E-state index contributed by atoms with van der Waals surface area (Å²) in [5, 5.41) is 9.03. The Balaban J connectivity index is 2.82. The zero-order valence-corrected chi connectivity index (χ0v) is 9.72. The highest BCUT2D eigenvalue weighted by Gasteiger charge is 2.15. The number of carbonyl (C=O) groups excluding carboxylic acids is 1. The number of hydrogen-bond donors (Lipinski definition) is 1. The average molecular weight is 244 g/mol. The fourth-order valence-corrected chi connectivity index (χ4v) is 1.48. The predicted octanol–water partition coefficient (Wildman–Crippen LogP) is 2.47. The molecule has 0 aliphatic heterocycles. The van der Waals surface area contributed by atoms with Gasteiger partial charge in [-0.05, 0) is 37.5 Å². The van der Waals surface area contributed by atoms with Crippen molar-refractivity contribution in [3.63, 3.8) is 0 Å². The zero-order valence-electron chi connectivity index (χ0n) is 9.72. The van der Waals surface area contributed by atoms with Crippen LogP contribution in [0.5, 0.6) is 5.75 Å². The van der Waals surface area contributed by atoms with Crippen LogP contribution in [0.15, 0.2) is 6.07 Å². The van der Waals surface area contributed by atoms with Gasteiger partial charge in [0.2, 0.25) is 0 Å². The van der Waals surface area contributed by atoms with E-state index in [4.69, 9.17) is 9.84 Å². The third-order valence-electron chi connectivity index (χ3n) is 2.45. The van der Waals surface area contributed by atoms with E-state index in [1.807, 2.05) is 0 Å². The molecule has 17 heavy (non-hydrogen) atoms. The molecule has 0 bridgehead atoms. The normalized spacial score (nSPS) is 10.4. The molecule has 0 atom stereocenters. The van der Waals surface area contributed by atoms with Crippen molar-refractivity contribution in [1.82, 2.24) is 0 Å². The van der Waals surface area contributed by atoms with Crippen molar-refractivity contribution in [2.24, 2.45) is 0 Å². The Morgan fingerprint density at radius 1 is 1.47 bits per heavy atom. The van der Waals surface area contributed by atoms with E-state index >= 15 is 0 Å². The van der Waals surface area contributed by atoms with E-state index < -0.39 is 23.4 Å². The standard InChI is InChI=1S/C12H14F2O3/c1-3-17-10(15)5-4-8-6-9(13)12(16)11(14)7(8)2/h6,16H,3-5H2,1-2H3. The number of benzene rings is 1. The molecular formula is C12H14F2O3. The van der Waals surface area contributed by atoms with E-state index in [2.05, 4.69) is 0 Å². The van der Waals surface area contributed by atoms with Crippen LogP contribution in [-0.2, 0) is 16.0 Å². The Morgan fingerprint density at radius 2 is 2.12 bits per heavy atom. The summed E-state index contributed by atoms with van der Waals surface area (Å²) in [4.78, 5) is 11.1. The molecule has 0 aromatic heterocycles. The minimum atomic E-state index is -1.02. The Morgan fingerprint density at radius 3 is 2.71 bits per heavy atom. The molecule has 0 amide bonds. The predicted molar refractivity (Wildman–Crippen MR) is 57.7 cm³/mol. The Labute approximate surface area is 98.0 Å².